The minimum atomic E-state index is -0.0811. The van der Waals surface area contributed by atoms with Crippen LogP contribution in [0.4, 0.5) is 11.6 Å². The quantitative estimate of drug-likeness (QED) is 0.445. The second-order valence-electron chi connectivity index (χ2n) is 9.66. The lowest BCUT2D eigenvalue weighted by atomic mass is 9.96. The third-order valence-corrected chi connectivity index (χ3v) is 7.13. The van der Waals surface area contributed by atoms with Gasteiger partial charge in [-0.3, -0.25) is 4.79 Å². The summed E-state index contributed by atoms with van der Waals surface area (Å²) in [6, 6.07) is 12.2. The topological polar surface area (TPSA) is 98.9 Å². The number of fused-ring (bicyclic) bond motifs is 2. The molecule has 0 spiro atoms. The van der Waals surface area contributed by atoms with Gasteiger partial charge in [0.05, 0.1) is 6.04 Å². The molecule has 0 bridgehead atoms. The Morgan fingerprint density at radius 3 is 2.80 bits per heavy atom. The van der Waals surface area contributed by atoms with E-state index in [1.807, 2.05) is 28.9 Å². The van der Waals surface area contributed by atoms with Gasteiger partial charge < -0.3 is 15.4 Å². The SMILES string of the molecule is O=c1c2cnc(Nc3ccc4c(c3)CCNC4)nc2n(-c2cccc(OC3CCC3)n2)n1C1CC1. The Labute approximate surface area is 202 Å². The molecule has 4 heterocycles. The smallest absolute Gasteiger partial charge is 0.278 e. The molecule has 3 aromatic heterocycles. The lowest BCUT2D eigenvalue weighted by Crippen LogP contribution is -2.25. The Morgan fingerprint density at radius 2 is 1.97 bits per heavy atom. The zero-order valence-corrected chi connectivity index (χ0v) is 19.4. The predicted molar refractivity (Wildman–Crippen MR) is 133 cm³/mol. The lowest BCUT2D eigenvalue weighted by molar-refractivity contribution is 0.114. The first-order valence-electron chi connectivity index (χ1n) is 12.5. The third-order valence-electron chi connectivity index (χ3n) is 7.13. The highest BCUT2D eigenvalue weighted by Gasteiger charge is 2.31. The van der Waals surface area contributed by atoms with Crippen molar-refractivity contribution in [3.05, 3.63) is 64.1 Å². The van der Waals surface area contributed by atoms with Crippen molar-refractivity contribution in [2.45, 2.75) is 57.2 Å². The van der Waals surface area contributed by atoms with Gasteiger partial charge >= 0.3 is 0 Å². The largest absolute Gasteiger partial charge is 0.474 e. The summed E-state index contributed by atoms with van der Waals surface area (Å²) < 4.78 is 9.66. The van der Waals surface area contributed by atoms with Gasteiger partial charge in [0.15, 0.2) is 11.5 Å². The second kappa shape index (κ2) is 8.20. The fourth-order valence-corrected chi connectivity index (χ4v) is 4.86. The van der Waals surface area contributed by atoms with Crippen molar-refractivity contribution >= 4 is 22.7 Å². The first-order chi connectivity index (χ1) is 17.2. The van der Waals surface area contributed by atoms with E-state index in [1.54, 1.807) is 10.9 Å². The van der Waals surface area contributed by atoms with Crippen LogP contribution < -0.4 is 20.9 Å². The van der Waals surface area contributed by atoms with Crippen LogP contribution in [0, 0.1) is 0 Å². The number of hydrogen-bond donors (Lipinski definition) is 2. The van der Waals surface area contributed by atoms with E-state index < -0.39 is 0 Å². The van der Waals surface area contributed by atoms with E-state index in [1.165, 1.54) is 17.5 Å². The zero-order chi connectivity index (χ0) is 23.4. The normalized spacial score (nSPS) is 17.7. The molecule has 9 heteroatoms. The molecule has 0 saturated heterocycles. The standard InChI is InChI=1S/C26H27N7O2/c34-25-21-15-28-26(29-18-8-7-17-14-27-12-11-16(17)13-18)31-24(21)33(32(25)19-9-10-19)22-5-2-6-23(30-22)35-20-3-1-4-20/h2,5-8,13,15,19-20,27H,1,3-4,9-12,14H2,(H,28,29,31). The number of nitrogens with one attached hydrogen (secondary N) is 2. The number of pyridine rings is 1. The minimum absolute atomic E-state index is 0.0811. The van der Waals surface area contributed by atoms with Crippen LogP contribution in [0.1, 0.15) is 49.3 Å². The monoisotopic (exact) mass is 469 g/mol. The number of ether oxygens (including phenoxy) is 1. The van der Waals surface area contributed by atoms with Crippen LogP contribution in [-0.4, -0.2) is 37.0 Å². The van der Waals surface area contributed by atoms with Crippen molar-refractivity contribution < 1.29 is 4.74 Å². The molecule has 3 aliphatic rings. The van der Waals surface area contributed by atoms with E-state index in [4.69, 9.17) is 14.7 Å². The Bertz CT molecular complexity index is 1480. The molecule has 178 valence electrons. The molecule has 1 aliphatic heterocycles. The van der Waals surface area contributed by atoms with Crippen molar-refractivity contribution in [2.24, 2.45) is 0 Å². The van der Waals surface area contributed by atoms with Crippen molar-refractivity contribution in [1.29, 1.82) is 0 Å². The Morgan fingerprint density at radius 1 is 1.06 bits per heavy atom. The van der Waals surface area contributed by atoms with Gasteiger partial charge in [-0.15, -0.1) is 0 Å². The Kier molecular flexibility index (Phi) is 4.83. The van der Waals surface area contributed by atoms with Gasteiger partial charge in [0.1, 0.15) is 11.5 Å². The van der Waals surface area contributed by atoms with Gasteiger partial charge in [-0.25, -0.2) is 14.3 Å². The number of aromatic nitrogens is 5. The number of benzene rings is 1. The molecule has 2 saturated carbocycles. The second-order valence-corrected chi connectivity index (χ2v) is 9.66. The van der Waals surface area contributed by atoms with E-state index in [0.717, 1.165) is 50.9 Å². The maximum Gasteiger partial charge on any atom is 0.278 e. The molecule has 1 aromatic carbocycles. The summed E-state index contributed by atoms with van der Waals surface area (Å²) in [5, 5.41) is 7.23. The van der Waals surface area contributed by atoms with Crippen molar-refractivity contribution in [3.63, 3.8) is 0 Å². The highest BCUT2D eigenvalue weighted by Crippen LogP contribution is 2.36. The maximum absolute atomic E-state index is 13.3. The molecule has 2 fully saturated rings. The van der Waals surface area contributed by atoms with Crippen LogP contribution in [0.5, 0.6) is 5.88 Å². The molecule has 2 N–H and O–H groups in total. The highest BCUT2D eigenvalue weighted by molar-refractivity contribution is 5.77. The van der Waals surface area contributed by atoms with E-state index in [9.17, 15) is 4.79 Å². The average molecular weight is 470 g/mol. The molecule has 0 radical (unpaired) electrons. The third kappa shape index (κ3) is 3.76. The van der Waals surface area contributed by atoms with Crippen LogP contribution >= 0.6 is 0 Å². The molecule has 0 unspecified atom stereocenters. The average Bonchev–Trinajstić information content (AvgIpc) is 3.65. The van der Waals surface area contributed by atoms with Crippen molar-refractivity contribution in [3.8, 4) is 11.7 Å². The highest BCUT2D eigenvalue weighted by atomic mass is 16.5. The Hall–Kier alpha value is -3.72. The van der Waals surface area contributed by atoms with Crippen LogP contribution in [0.15, 0.2) is 47.4 Å². The van der Waals surface area contributed by atoms with Gasteiger partial charge in [0, 0.05) is 24.5 Å². The summed E-state index contributed by atoms with van der Waals surface area (Å²) in [7, 11) is 0. The summed E-state index contributed by atoms with van der Waals surface area (Å²) in [5.74, 6) is 1.67. The molecule has 9 nitrogen and oxygen atoms in total. The van der Waals surface area contributed by atoms with Crippen LogP contribution in [0.3, 0.4) is 0 Å². The van der Waals surface area contributed by atoms with E-state index in [2.05, 4.69) is 27.8 Å². The number of hydrogen-bond acceptors (Lipinski definition) is 7. The lowest BCUT2D eigenvalue weighted by Gasteiger charge is -2.25. The van der Waals surface area contributed by atoms with E-state index in [-0.39, 0.29) is 17.7 Å². The van der Waals surface area contributed by atoms with E-state index >= 15 is 0 Å². The molecule has 0 atom stereocenters. The summed E-state index contributed by atoms with van der Waals surface area (Å²) in [5.41, 5.74) is 4.06. The first-order valence-corrected chi connectivity index (χ1v) is 12.5. The maximum atomic E-state index is 13.3. The van der Waals surface area contributed by atoms with Crippen LogP contribution in [-0.2, 0) is 13.0 Å². The fraction of sp³-hybridized carbons (Fsp3) is 0.385. The number of anilines is 2. The van der Waals surface area contributed by atoms with Crippen molar-refractivity contribution in [1.82, 2.24) is 29.6 Å². The molecule has 4 aromatic rings. The van der Waals surface area contributed by atoms with Gasteiger partial charge in [0.25, 0.3) is 5.56 Å². The molecular formula is C26H27N7O2. The van der Waals surface area contributed by atoms with Gasteiger partial charge in [0.2, 0.25) is 11.8 Å². The first kappa shape index (κ1) is 20.6. The molecular weight excluding hydrogens is 442 g/mol. The van der Waals surface area contributed by atoms with Gasteiger partial charge in [-0.2, -0.15) is 9.97 Å². The summed E-state index contributed by atoms with van der Waals surface area (Å²) >= 11 is 0. The zero-order valence-electron chi connectivity index (χ0n) is 19.4. The molecule has 0 amide bonds. The van der Waals surface area contributed by atoms with Crippen LogP contribution in [0.2, 0.25) is 0 Å². The molecule has 7 rings (SSSR count). The summed E-state index contributed by atoms with van der Waals surface area (Å²) in [4.78, 5) is 27.4. The van der Waals surface area contributed by atoms with E-state index in [0.29, 0.717) is 28.7 Å². The van der Waals surface area contributed by atoms with Gasteiger partial charge in [-0.1, -0.05) is 12.1 Å². The number of rotatable bonds is 6. The predicted octanol–water partition coefficient (Wildman–Crippen LogP) is 3.63. The van der Waals surface area contributed by atoms with Crippen molar-refractivity contribution in [2.75, 3.05) is 11.9 Å². The number of nitrogens with zero attached hydrogens (tertiary/aromatic N) is 5. The van der Waals surface area contributed by atoms with Crippen LogP contribution in [0.25, 0.3) is 16.9 Å². The fourth-order valence-electron chi connectivity index (χ4n) is 4.86. The Balaban J connectivity index is 1.29. The molecule has 35 heavy (non-hydrogen) atoms. The molecule has 2 aliphatic carbocycles. The summed E-state index contributed by atoms with van der Waals surface area (Å²) in [6.07, 6.45) is 8.11. The minimum Gasteiger partial charge on any atom is -0.474 e. The van der Waals surface area contributed by atoms with Gasteiger partial charge in [-0.05, 0) is 74.4 Å². The summed E-state index contributed by atoms with van der Waals surface area (Å²) in [6.45, 7) is 1.88.